The van der Waals surface area contributed by atoms with Crippen LogP contribution in [0.4, 0.5) is 0 Å². The Bertz CT molecular complexity index is 738. The van der Waals surface area contributed by atoms with Crippen LogP contribution < -0.4 is 5.32 Å². The summed E-state index contributed by atoms with van der Waals surface area (Å²) in [6.45, 7) is 5.53. The van der Waals surface area contributed by atoms with E-state index in [-0.39, 0.29) is 5.92 Å². The van der Waals surface area contributed by atoms with E-state index in [0.717, 1.165) is 5.69 Å². The fourth-order valence-corrected chi connectivity index (χ4v) is 2.46. The van der Waals surface area contributed by atoms with Gasteiger partial charge in [-0.1, -0.05) is 25.4 Å². The maximum Gasteiger partial charge on any atom is 0.326 e. The van der Waals surface area contributed by atoms with Gasteiger partial charge in [-0.15, -0.1) is 0 Å². The van der Waals surface area contributed by atoms with Crippen molar-refractivity contribution < 1.29 is 14.7 Å². The van der Waals surface area contributed by atoms with Gasteiger partial charge in [-0.3, -0.25) is 4.79 Å². The average Bonchev–Trinajstić information content (AvgIpc) is 2.88. The van der Waals surface area contributed by atoms with Gasteiger partial charge in [0.1, 0.15) is 6.04 Å². The molecule has 1 atom stereocenters. The molecular weight excluding hydrogens is 330 g/mol. The molecule has 1 aromatic carbocycles. The largest absolute Gasteiger partial charge is 0.480 e. The number of aliphatic carboxylic acids is 1. The number of hydrogen-bond donors (Lipinski definition) is 2. The smallest absolute Gasteiger partial charge is 0.326 e. The lowest BCUT2D eigenvalue weighted by molar-refractivity contribution is -0.139. The van der Waals surface area contributed by atoms with Crippen LogP contribution in [0, 0.1) is 12.8 Å². The number of nitrogens with zero attached hydrogens (tertiary/aromatic N) is 2. The van der Waals surface area contributed by atoms with Crippen molar-refractivity contribution in [1.82, 2.24) is 15.1 Å². The molecule has 0 saturated heterocycles. The van der Waals surface area contributed by atoms with Crippen LogP contribution in [0.5, 0.6) is 0 Å². The first-order valence-electron chi connectivity index (χ1n) is 7.63. The topological polar surface area (TPSA) is 84.2 Å². The summed E-state index contributed by atoms with van der Waals surface area (Å²) in [5, 5.41) is 16.7. The van der Waals surface area contributed by atoms with Crippen LogP contribution in [0.1, 0.15) is 36.3 Å². The van der Waals surface area contributed by atoms with Gasteiger partial charge in [0.2, 0.25) is 0 Å². The summed E-state index contributed by atoms with van der Waals surface area (Å²) in [5.41, 5.74) is 1.63. The number of hydrogen-bond acceptors (Lipinski definition) is 3. The first-order chi connectivity index (χ1) is 11.3. The number of carbonyl (C=O) groups excluding carboxylic acids is 1. The number of amides is 1. The van der Waals surface area contributed by atoms with E-state index in [0.29, 0.717) is 22.7 Å². The van der Waals surface area contributed by atoms with Crippen molar-refractivity contribution >= 4 is 23.5 Å². The van der Waals surface area contributed by atoms with Crippen molar-refractivity contribution in [3.05, 3.63) is 46.7 Å². The van der Waals surface area contributed by atoms with E-state index in [1.165, 1.54) is 0 Å². The zero-order chi connectivity index (χ0) is 17.9. The molecule has 7 heteroatoms. The second-order valence-corrected chi connectivity index (χ2v) is 6.48. The van der Waals surface area contributed by atoms with Crippen LogP contribution in [-0.2, 0) is 4.79 Å². The third-order valence-electron chi connectivity index (χ3n) is 3.55. The van der Waals surface area contributed by atoms with E-state index >= 15 is 0 Å². The molecule has 2 rings (SSSR count). The minimum atomic E-state index is -1.04. The van der Waals surface area contributed by atoms with E-state index in [1.807, 2.05) is 13.8 Å². The Kier molecular flexibility index (Phi) is 5.62. The molecule has 0 unspecified atom stereocenters. The molecule has 0 bridgehead atoms. The second kappa shape index (κ2) is 7.49. The molecule has 1 aromatic heterocycles. The van der Waals surface area contributed by atoms with Crippen LogP contribution in [0.25, 0.3) is 5.69 Å². The Balaban J connectivity index is 2.21. The highest BCUT2D eigenvalue weighted by Crippen LogP contribution is 2.16. The Morgan fingerprint density at radius 1 is 1.29 bits per heavy atom. The maximum absolute atomic E-state index is 12.4. The number of benzene rings is 1. The number of carbonyl (C=O) groups is 2. The quantitative estimate of drug-likeness (QED) is 0.839. The first-order valence-corrected chi connectivity index (χ1v) is 8.01. The molecule has 0 aliphatic carbocycles. The molecule has 6 nitrogen and oxygen atoms in total. The highest BCUT2D eigenvalue weighted by Gasteiger charge is 2.23. The van der Waals surface area contributed by atoms with Gasteiger partial charge in [-0.05, 0) is 43.5 Å². The molecule has 2 N–H and O–H groups in total. The molecule has 1 amide bonds. The van der Waals surface area contributed by atoms with Crippen LogP contribution >= 0.6 is 11.6 Å². The van der Waals surface area contributed by atoms with Gasteiger partial charge in [0.25, 0.3) is 5.91 Å². The summed E-state index contributed by atoms with van der Waals surface area (Å²) in [4.78, 5) is 23.7. The first kappa shape index (κ1) is 18.0. The minimum Gasteiger partial charge on any atom is -0.480 e. The number of nitrogens with one attached hydrogen (secondary N) is 1. The van der Waals surface area contributed by atoms with Gasteiger partial charge >= 0.3 is 5.97 Å². The fourth-order valence-electron chi connectivity index (χ4n) is 2.34. The third kappa shape index (κ3) is 4.35. The zero-order valence-corrected chi connectivity index (χ0v) is 14.5. The lowest BCUT2D eigenvalue weighted by Crippen LogP contribution is -2.41. The van der Waals surface area contributed by atoms with Gasteiger partial charge in [0.15, 0.2) is 0 Å². The van der Waals surface area contributed by atoms with E-state index in [1.54, 1.807) is 42.1 Å². The molecule has 0 aliphatic heterocycles. The van der Waals surface area contributed by atoms with Gasteiger partial charge < -0.3 is 10.4 Å². The summed E-state index contributed by atoms with van der Waals surface area (Å²) < 4.78 is 1.57. The summed E-state index contributed by atoms with van der Waals surface area (Å²) >= 11 is 5.87. The number of aryl methyl sites for hydroxylation is 1. The van der Waals surface area contributed by atoms with E-state index in [9.17, 15) is 14.7 Å². The van der Waals surface area contributed by atoms with E-state index in [2.05, 4.69) is 10.4 Å². The predicted octanol–water partition coefficient (Wildman–Crippen LogP) is 3.06. The lowest BCUT2D eigenvalue weighted by atomic mass is 10.0. The van der Waals surface area contributed by atoms with Crippen LogP contribution in [0.15, 0.2) is 30.5 Å². The molecule has 0 saturated carbocycles. The number of halogens is 1. The molecule has 0 aliphatic rings. The Hall–Kier alpha value is -2.34. The van der Waals surface area contributed by atoms with E-state index < -0.39 is 17.9 Å². The molecule has 0 spiro atoms. The third-order valence-corrected chi connectivity index (χ3v) is 3.80. The minimum absolute atomic E-state index is 0.157. The van der Waals surface area contributed by atoms with E-state index in [4.69, 9.17) is 11.6 Å². The number of carboxylic acid groups (broad SMARTS) is 1. The fraction of sp³-hybridized carbons (Fsp3) is 0.353. The molecular formula is C17H20ClN3O3. The van der Waals surface area contributed by atoms with Crippen LogP contribution in [-0.4, -0.2) is 32.8 Å². The molecule has 2 aromatic rings. The Morgan fingerprint density at radius 3 is 2.46 bits per heavy atom. The van der Waals surface area contributed by atoms with Gasteiger partial charge in [-0.2, -0.15) is 5.10 Å². The van der Waals surface area contributed by atoms with Gasteiger partial charge in [-0.25, -0.2) is 9.48 Å². The van der Waals surface area contributed by atoms with Crippen molar-refractivity contribution in [2.24, 2.45) is 5.92 Å². The summed E-state index contributed by atoms with van der Waals surface area (Å²) in [5.74, 6) is -1.33. The normalized spacial score (nSPS) is 12.2. The second-order valence-electron chi connectivity index (χ2n) is 6.04. The predicted molar refractivity (Wildman–Crippen MR) is 91.7 cm³/mol. The molecule has 0 radical (unpaired) electrons. The van der Waals surface area contributed by atoms with Crippen molar-refractivity contribution in [3.63, 3.8) is 0 Å². The van der Waals surface area contributed by atoms with Crippen LogP contribution in [0.2, 0.25) is 5.02 Å². The SMILES string of the molecule is Cc1nn(-c2ccc(Cl)cc2)cc1C(=O)N[C@H](CC(C)C)C(=O)O. The lowest BCUT2D eigenvalue weighted by Gasteiger charge is -2.16. The summed E-state index contributed by atoms with van der Waals surface area (Å²) in [7, 11) is 0. The Morgan fingerprint density at radius 2 is 1.92 bits per heavy atom. The number of aromatic nitrogens is 2. The van der Waals surface area contributed by atoms with Crippen LogP contribution in [0.3, 0.4) is 0 Å². The molecule has 24 heavy (non-hydrogen) atoms. The standard InChI is InChI=1S/C17H20ClN3O3/c1-10(2)8-15(17(23)24)19-16(22)14-9-21(20-11(14)3)13-6-4-12(18)5-7-13/h4-7,9-10,15H,8H2,1-3H3,(H,19,22)(H,23,24)/t15-/m1/s1. The highest BCUT2D eigenvalue weighted by molar-refractivity contribution is 6.30. The monoisotopic (exact) mass is 349 g/mol. The highest BCUT2D eigenvalue weighted by atomic mass is 35.5. The zero-order valence-electron chi connectivity index (χ0n) is 13.8. The van der Waals surface area contributed by atoms with Gasteiger partial charge in [0, 0.05) is 11.2 Å². The summed E-state index contributed by atoms with van der Waals surface area (Å²) in [6.07, 6.45) is 1.95. The summed E-state index contributed by atoms with van der Waals surface area (Å²) in [6, 6.07) is 6.12. The van der Waals surface area contributed by atoms with Crippen molar-refractivity contribution in [2.75, 3.05) is 0 Å². The number of carboxylic acids is 1. The molecule has 128 valence electrons. The molecule has 1 heterocycles. The number of rotatable bonds is 6. The molecule has 0 fully saturated rings. The average molecular weight is 350 g/mol. The Labute approximate surface area is 145 Å². The maximum atomic E-state index is 12.4. The van der Waals surface area contributed by atoms with Gasteiger partial charge in [0.05, 0.1) is 16.9 Å². The van der Waals surface area contributed by atoms with Crippen molar-refractivity contribution in [3.8, 4) is 5.69 Å². The van der Waals surface area contributed by atoms with Crippen molar-refractivity contribution in [1.29, 1.82) is 0 Å². The van der Waals surface area contributed by atoms with Crippen molar-refractivity contribution in [2.45, 2.75) is 33.2 Å².